The second-order valence-corrected chi connectivity index (χ2v) is 13.2. The van der Waals surface area contributed by atoms with Gasteiger partial charge in [0.2, 0.25) is 21.8 Å². The van der Waals surface area contributed by atoms with E-state index in [1.54, 1.807) is 18.2 Å². The number of aryl methyl sites for hydroxylation is 1. The Morgan fingerprint density at radius 3 is 2.17 bits per heavy atom. The van der Waals surface area contributed by atoms with Gasteiger partial charge in [0.25, 0.3) is 0 Å². The maximum absolute atomic E-state index is 14.3. The summed E-state index contributed by atoms with van der Waals surface area (Å²) in [6.45, 7) is 1.56. The lowest BCUT2D eigenvalue weighted by atomic mass is 9.94. The normalized spacial score (nSPS) is 14.6. The molecule has 0 aromatic heterocycles. The van der Waals surface area contributed by atoms with Gasteiger partial charge >= 0.3 is 0 Å². The van der Waals surface area contributed by atoms with Crippen LogP contribution in [0.25, 0.3) is 0 Å². The highest BCUT2D eigenvalue weighted by molar-refractivity contribution is 7.92. The lowest BCUT2D eigenvalue weighted by molar-refractivity contribution is -0.140. The number of para-hydroxylation sites is 1. The number of sulfonamides is 1. The van der Waals surface area contributed by atoms with Crippen molar-refractivity contribution in [2.24, 2.45) is 0 Å². The Bertz CT molecular complexity index is 1460. The van der Waals surface area contributed by atoms with Gasteiger partial charge in [-0.2, -0.15) is 0 Å². The molecule has 1 fully saturated rings. The maximum atomic E-state index is 14.3. The Morgan fingerprint density at radius 2 is 1.52 bits per heavy atom. The first-order valence-corrected chi connectivity index (χ1v) is 16.8. The number of rotatable bonds is 12. The Kier molecular flexibility index (Phi) is 11.0. The molecular weight excluding hydrogens is 570 g/mol. The monoisotopic (exact) mass is 609 g/mol. The third kappa shape index (κ3) is 8.35. The molecule has 0 aliphatic heterocycles. The minimum absolute atomic E-state index is 0.0470. The van der Waals surface area contributed by atoms with Crippen LogP contribution in [0.3, 0.4) is 0 Å². The first-order valence-electron chi connectivity index (χ1n) is 14.6. The van der Waals surface area contributed by atoms with Crippen LogP contribution >= 0.6 is 11.6 Å². The minimum atomic E-state index is -3.83. The van der Waals surface area contributed by atoms with E-state index >= 15 is 0 Å². The molecule has 3 aromatic carbocycles. The highest BCUT2D eigenvalue weighted by atomic mass is 35.5. The number of amides is 2. The molecule has 1 saturated carbocycles. The lowest BCUT2D eigenvalue weighted by Crippen LogP contribution is -2.55. The topological polar surface area (TPSA) is 86.8 Å². The van der Waals surface area contributed by atoms with E-state index < -0.39 is 28.5 Å². The standard InChI is InChI=1S/C33H40ClN3O4S/c1-3-26-16-11-13-21-30(26)37(42(2,40)41)24-32(38)36(23-27-17-10-12-20-29(27)34)31(22-25-14-6-4-7-15-25)33(39)35-28-18-8-5-9-19-28/h4,6-7,10-17,20-21,28,31H,3,5,8-9,18-19,22-24H2,1-2H3,(H,35,39)/t31-/m0/s1. The van der Waals surface area contributed by atoms with Crippen LogP contribution in [0.1, 0.15) is 55.7 Å². The number of carbonyl (C=O) groups excluding carboxylic acids is 2. The molecule has 1 aliphatic carbocycles. The summed E-state index contributed by atoms with van der Waals surface area (Å²) in [5.74, 6) is -0.725. The van der Waals surface area contributed by atoms with E-state index in [1.807, 2.05) is 67.6 Å². The zero-order chi connectivity index (χ0) is 30.1. The number of hydrogen-bond donors (Lipinski definition) is 1. The van der Waals surface area contributed by atoms with Gasteiger partial charge in [-0.15, -0.1) is 0 Å². The van der Waals surface area contributed by atoms with Gasteiger partial charge in [-0.25, -0.2) is 8.42 Å². The van der Waals surface area contributed by atoms with Gasteiger partial charge < -0.3 is 10.2 Å². The van der Waals surface area contributed by atoms with Crippen molar-refractivity contribution >= 4 is 39.1 Å². The van der Waals surface area contributed by atoms with Crippen LogP contribution in [-0.4, -0.2) is 50.0 Å². The fraction of sp³-hybridized carbons (Fsp3) is 0.394. The third-order valence-electron chi connectivity index (χ3n) is 7.84. The second kappa shape index (κ2) is 14.7. The zero-order valence-electron chi connectivity index (χ0n) is 24.3. The molecule has 1 atom stereocenters. The molecule has 2 amide bonds. The maximum Gasteiger partial charge on any atom is 0.244 e. The third-order valence-corrected chi connectivity index (χ3v) is 9.34. The first kappa shape index (κ1) is 31.6. The van der Waals surface area contributed by atoms with Crippen LogP contribution in [0.4, 0.5) is 5.69 Å². The van der Waals surface area contributed by atoms with Crippen molar-refractivity contribution in [2.45, 2.75) is 70.5 Å². The second-order valence-electron chi connectivity index (χ2n) is 10.9. The van der Waals surface area contributed by atoms with Crippen LogP contribution in [-0.2, 0) is 39.0 Å². The fourth-order valence-electron chi connectivity index (χ4n) is 5.56. The van der Waals surface area contributed by atoms with E-state index in [2.05, 4.69) is 5.32 Å². The largest absolute Gasteiger partial charge is 0.352 e. The van der Waals surface area contributed by atoms with Crippen molar-refractivity contribution in [1.29, 1.82) is 0 Å². The van der Waals surface area contributed by atoms with Crippen LogP contribution in [0, 0.1) is 0 Å². The molecule has 0 heterocycles. The van der Waals surface area contributed by atoms with Crippen LogP contribution in [0.5, 0.6) is 0 Å². The van der Waals surface area contributed by atoms with Crippen molar-refractivity contribution in [2.75, 3.05) is 17.1 Å². The number of carbonyl (C=O) groups is 2. The quantitative estimate of drug-likeness (QED) is 0.283. The van der Waals surface area contributed by atoms with Crippen molar-refractivity contribution in [3.05, 3.63) is 101 Å². The van der Waals surface area contributed by atoms with Gasteiger partial charge in [-0.1, -0.05) is 105 Å². The summed E-state index contributed by atoms with van der Waals surface area (Å²) in [7, 11) is -3.83. The molecule has 7 nitrogen and oxygen atoms in total. The average Bonchev–Trinajstić information content (AvgIpc) is 2.99. The van der Waals surface area contributed by atoms with E-state index in [4.69, 9.17) is 11.6 Å². The molecule has 9 heteroatoms. The van der Waals surface area contributed by atoms with Crippen molar-refractivity contribution < 1.29 is 18.0 Å². The molecule has 0 saturated heterocycles. The summed E-state index contributed by atoms with van der Waals surface area (Å²) < 4.78 is 27.3. The van der Waals surface area contributed by atoms with Crippen molar-refractivity contribution in [3.8, 4) is 0 Å². The molecular formula is C33H40ClN3O4S. The highest BCUT2D eigenvalue weighted by Crippen LogP contribution is 2.26. The lowest BCUT2D eigenvalue weighted by Gasteiger charge is -2.35. The highest BCUT2D eigenvalue weighted by Gasteiger charge is 2.34. The predicted octanol–water partition coefficient (Wildman–Crippen LogP) is 5.76. The molecule has 0 spiro atoms. The Morgan fingerprint density at radius 1 is 0.905 bits per heavy atom. The molecule has 0 radical (unpaired) electrons. The molecule has 0 unspecified atom stereocenters. The fourth-order valence-corrected chi connectivity index (χ4v) is 6.63. The van der Waals surface area contributed by atoms with E-state index in [-0.39, 0.29) is 24.9 Å². The number of nitrogens with one attached hydrogen (secondary N) is 1. The Balaban J connectivity index is 1.75. The van der Waals surface area contributed by atoms with Crippen LogP contribution in [0.15, 0.2) is 78.9 Å². The van der Waals surface area contributed by atoms with Crippen molar-refractivity contribution in [1.82, 2.24) is 10.2 Å². The first-order chi connectivity index (χ1) is 20.2. The van der Waals surface area contributed by atoms with Gasteiger partial charge in [0.1, 0.15) is 12.6 Å². The summed E-state index contributed by atoms with van der Waals surface area (Å²) in [4.78, 5) is 29.8. The zero-order valence-corrected chi connectivity index (χ0v) is 25.9. The van der Waals surface area contributed by atoms with E-state index in [0.29, 0.717) is 22.7 Å². The molecule has 0 bridgehead atoms. The van der Waals surface area contributed by atoms with Gasteiger partial charge in [-0.3, -0.25) is 13.9 Å². The minimum Gasteiger partial charge on any atom is -0.352 e. The number of nitrogens with zero attached hydrogens (tertiary/aromatic N) is 2. The van der Waals surface area contributed by atoms with Crippen LogP contribution < -0.4 is 9.62 Å². The van der Waals surface area contributed by atoms with Crippen molar-refractivity contribution in [3.63, 3.8) is 0 Å². The smallest absolute Gasteiger partial charge is 0.244 e. The summed E-state index contributed by atoms with van der Waals surface area (Å²) in [6, 6.07) is 23.1. The van der Waals surface area contributed by atoms with Gasteiger partial charge in [0.15, 0.2) is 0 Å². The van der Waals surface area contributed by atoms with E-state index in [0.717, 1.165) is 53.8 Å². The molecule has 4 rings (SSSR count). The van der Waals surface area contributed by atoms with Crippen LogP contribution in [0.2, 0.25) is 5.02 Å². The Labute approximate surface area is 254 Å². The van der Waals surface area contributed by atoms with E-state index in [9.17, 15) is 18.0 Å². The summed E-state index contributed by atoms with van der Waals surface area (Å²) in [5, 5.41) is 3.68. The van der Waals surface area contributed by atoms with Gasteiger partial charge in [-0.05, 0) is 48.1 Å². The Hall–Kier alpha value is -3.36. The van der Waals surface area contributed by atoms with E-state index in [1.165, 1.54) is 4.90 Å². The summed E-state index contributed by atoms with van der Waals surface area (Å²) >= 11 is 6.54. The number of halogens is 1. The van der Waals surface area contributed by atoms with Gasteiger partial charge in [0.05, 0.1) is 11.9 Å². The molecule has 224 valence electrons. The summed E-state index contributed by atoms with van der Waals surface area (Å²) in [6.07, 6.45) is 7.03. The number of anilines is 1. The van der Waals surface area contributed by atoms with Gasteiger partial charge in [0, 0.05) is 24.0 Å². The number of benzene rings is 3. The molecule has 42 heavy (non-hydrogen) atoms. The molecule has 1 aliphatic rings. The summed E-state index contributed by atoms with van der Waals surface area (Å²) in [5.41, 5.74) is 2.84. The number of hydrogen-bond acceptors (Lipinski definition) is 4. The predicted molar refractivity (Wildman–Crippen MR) is 169 cm³/mol. The molecule has 1 N–H and O–H groups in total. The SMILES string of the molecule is CCc1ccccc1N(CC(=O)N(Cc1ccccc1Cl)[C@@H](Cc1ccccc1)C(=O)NC1CCCCC1)S(C)(=O)=O. The molecule has 3 aromatic rings. The average molecular weight is 610 g/mol.